The van der Waals surface area contributed by atoms with Gasteiger partial charge in [0.05, 0.1) is 12.8 Å². The molecule has 1 saturated heterocycles. The van der Waals surface area contributed by atoms with Crippen molar-refractivity contribution in [1.29, 1.82) is 5.26 Å². The third-order valence-electron chi connectivity index (χ3n) is 4.52. The Morgan fingerprint density at radius 2 is 1.96 bits per heavy atom. The highest BCUT2D eigenvalue weighted by atomic mass is 16.5. The second kappa shape index (κ2) is 6.79. The van der Waals surface area contributed by atoms with Crippen LogP contribution in [0.3, 0.4) is 0 Å². The molecule has 124 valence electrons. The number of ether oxygens (including phenoxy) is 2. The molecule has 0 radical (unpaired) electrons. The zero-order chi connectivity index (χ0) is 17.1. The van der Waals surface area contributed by atoms with Gasteiger partial charge in [-0.1, -0.05) is 18.7 Å². The van der Waals surface area contributed by atoms with Crippen molar-refractivity contribution in [2.24, 2.45) is 0 Å². The number of methoxy groups -OCH3 is 1. The van der Waals surface area contributed by atoms with Gasteiger partial charge < -0.3 is 14.4 Å². The molecular formula is C19H20N2O3. The molecule has 1 unspecified atom stereocenters. The van der Waals surface area contributed by atoms with Gasteiger partial charge in [-0.3, -0.25) is 0 Å². The summed E-state index contributed by atoms with van der Waals surface area (Å²) < 4.78 is 10.7. The molecule has 2 heterocycles. The average Bonchev–Trinajstić information content (AvgIpc) is 2.98. The largest absolute Gasteiger partial charge is 0.497 e. The van der Waals surface area contributed by atoms with E-state index in [0.717, 1.165) is 37.2 Å². The SMILES string of the molecule is C=C(c1ccc(OC)cc1)C1OC(=O)C(C#N)=C1N1CCCCC1. The summed E-state index contributed by atoms with van der Waals surface area (Å²) in [7, 11) is 1.61. The number of hydrogen-bond acceptors (Lipinski definition) is 5. The highest BCUT2D eigenvalue weighted by molar-refractivity contribution is 5.98. The van der Waals surface area contributed by atoms with Gasteiger partial charge in [-0.25, -0.2) is 4.79 Å². The minimum Gasteiger partial charge on any atom is -0.497 e. The first-order valence-corrected chi connectivity index (χ1v) is 8.09. The van der Waals surface area contributed by atoms with Crippen LogP contribution in [-0.4, -0.2) is 37.2 Å². The molecular weight excluding hydrogens is 304 g/mol. The number of carbonyl (C=O) groups excluding carboxylic acids is 1. The Hall–Kier alpha value is -2.74. The van der Waals surface area contributed by atoms with E-state index >= 15 is 0 Å². The molecule has 1 atom stereocenters. The lowest BCUT2D eigenvalue weighted by Crippen LogP contribution is -2.34. The fourth-order valence-corrected chi connectivity index (χ4v) is 3.21. The smallest absolute Gasteiger partial charge is 0.351 e. The molecule has 24 heavy (non-hydrogen) atoms. The topological polar surface area (TPSA) is 62.6 Å². The van der Waals surface area contributed by atoms with Crippen molar-refractivity contribution in [2.45, 2.75) is 25.4 Å². The Balaban J connectivity index is 1.92. The maximum atomic E-state index is 12.1. The lowest BCUT2D eigenvalue weighted by atomic mass is 9.97. The quantitative estimate of drug-likeness (QED) is 0.797. The van der Waals surface area contributed by atoms with Gasteiger partial charge in [0.25, 0.3) is 0 Å². The Kier molecular flexibility index (Phi) is 4.57. The van der Waals surface area contributed by atoms with Gasteiger partial charge in [0, 0.05) is 13.1 Å². The number of benzene rings is 1. The number of piperidine rings is 1. The van der Waals surface area contributed by atoms with Crippen LogP contribution in [0.15, 0.2) is 42.1 Å². The first-order chi connectivity index (χ1) is 11.7. The van der Waals surface area contributed by atoms with Gasteiger partial charge in [-0.15, -0.1) is 0 Å². The highest BCUT2D eigenvalue weighted by Gasteiger charge is 2.39. The molecule has 1 aromatic rings. The fourth-order valence-electron chi connectivity index (χ4n) is 3.21. The molecule has 2 aliphatic rings. The summed E-state index contributed by atoms with van der Waals surface area (Å²) in [5.74, 6) is 0.192. The molecule has 0 saturated carbocycles. The molecule has 0 N–H and O–H groups in total. The third kappa shape index (κ3) is 2.88. The maximum Gasteiger partial charge on any atom is 0.351 e. The second-order valence-electron chi connectivity index (χ2n) is 5.96. The van der Waals surface area contributed by atoms with Crippen molar-refractivity contribution >= 4 is 11.5 Å². The minimum absolute atomic E-state index is 0.108. The lowest BCUT2D eigenvalue weighted by Gasteiger charge is -2.32. The Morgan fingerprint density at radius 3 is 2.54 bits per heavy atom. The van der Waals surface area contributed by atoms with Crippen LogP contribution in [0.1, 0.15) is 24.8 Å². The van der Waals surface area contributed by atoms with Crippen molar-refractivity contribution in [3.8, 4) is 11.8 Å². The first kappa shape index (κ1) is 16.1. The van der Waals surface area contributed by atoms with Crippen LogP contribution in [0, 0.1) is 11.3 Å². The zero-order valence-electron chi connectivity index (χ0n) is 13.7. The van der Waals surface area contributed by atoms with E-state index in [1.54, 1.807) is 7.11 Å². The molecule has 0 bridgehead atoms. The maximum absolute atomic E-state index is 12.1. The number of rotatable bonds is 4. The minimum atomic E-state index is -0.598. The highest BCUT2D eigenvalue weighted by Crippen LogP contribution is 2.35. The van der Waals surface area contributed by atoms with Crippen LogP contribution in [0.4, 0.5) is 0 Å². The van der Waals surface area contributed by atoms with E-state index in [9.17, 15) is 10.1 Å². The average molecular weight is 324 g/mol. The predicted octanol–water partition coefficient (Wildman–Crippen LogP) is 2.90. The number of nitrogens with zero attached hydrogens (tertiary/aromatic N) is 2. The molecule has 0 spiro atoms. The number of hydrogen-bond donors (Lipinski definition) is 0. The molecule has 3 rings (SSSR count). The van der Waals surface area contributed by atoms with Crippen LogP contribution in [0.2, 0.25) is 0 Å². The third-order valence-corrected chi connectivity index (χ3v) is 4.52. The van der Waals surface area contributed by atoms with Gasteiger partial charge in [0.15, 0.2) is 11.7 Å². The van der Waals surface area contributed by atoms with Gasteiger partial charge in [0.2, 0.25) is 0 Å². The molecule has 5 nitrogen and oxygen atoms in total. The lowest BCUT2D eigenvalue weighted by molar-refractivity contribution is -0.137. The monoisotopic (exact) mass is 324 g/mol. The summed E-state index contributed by atoms with van der Waals surface area (Å²) >= 11 is 0. The van der Waals surface area contributed by atoms with E-state index in [2.05, 4.69) is 11.5 Å². The molecule has 1 fully saturated rings. The first-order valence-electron chi connectivity index (χ1n) is 8.09. The van der Waals surface area contributed by atoms with Crippen LogP contribution in [-0.2, 0) is 9.53 Å². The van der Waals surface area contributed by atoms with E-state index in [4.69, 9.17) is 9.47 Å². The standard InChI is InChI=1S/C19H20N2O3/c1-13(14-6-8-15(23-2)9-7-14)18-17(16(12-20)19(22)24-18)21-10-4-3-5-11-21/h6-9,18H,1,3-5,10-11H2,2H3. The number of carbonyl (C=O) groups is 1. The van der Waals surface area contributed by atoms with E-state index in [-0.39, 0.29) is 5.57 Å². The van der Waals surface area contributed by atoms with Crippen LogP contribution in [0.25, 0.3) is 5.57 Å². The fraction of sp³-hybridized carbons (Fsp3) is 0.368. The molecule has 0 aliphatic carbocycles. The molecule has 5 heteroatoms. The van der Waals surface area contributed by atoms with Crippen LogP contribution >= 0.6 is 0 Å². The Bertz CT molecular complexity index is 722. The molecule has 0 amide bonds. The summed E-state index contributed by atoms with van der Waals surface area (Å²) in [6.07, 6.45) is 2.68. The molecule has 0 aromatic heterocycles. The summed E-state index contributed by atoms with van der Waals surface area (Å²) in [6, 6.07) is 9.46. The van der Waals surface area contributed by atoms with Gasteiger partial charge in [-0.2, -0.15) is 5.26 Å². The summed E-state index contributed by atoms with van der Waals surface area (Å²) in [5.41, 5.74) is 2.32. The second-order valence-corrected chi connectivity index (χ2v) is 5.96. The van der Waals surface area contributed by atoms with Gasteiger partial charge in [-0.05, 0) is 42.5 Å². The van der Waals surface area contributed by atoms with E-state index < -0.39 is 12.1 Å². The van der Waals surface area contributed by atoms with E-state index in [1.807, 2.05) is 30.3 Å². The number of esters is 1. The van der Waals surface area contributed by atoms with Crippen molar-refractivity contribution < 1.29 is 14.3 Å². The molecule has 2 aliphatic heterocycles. The summed E-state index contributed by atoms with van der Waals surface area (Å²) in [4.78, 5) is 14.2. The van der Waals surface area contributed by atoms with Crippen molar-refractivity contribution in [3.63, 3.8) is 0 Å². The van der Waals surface area contributed by atoms with Crippen molar-refractivity contribution in [1.82, 2.24) is 4.90 Å². The van der Waals surface area contributed by atoms with Crippen LogP contribution < -0.4 is 4.74 Å². The van der Waals surface area contributed by atoms with Gasteiger partial charge in [0.1, 0.15) is 11.8 Å². The summed E-state index contributed by atoms with van der Waals surface area (Å²) in [5, 5.41) is 9.39. The van der Waals surface area contributed by atoms with E-state index in [0.29, 0.717) is 11.3 Å². The summed E-state index contributed by atoms with van der Waals surface area (Å²) in [6.45, 7) is 5.80. The van der Waals surface area contributed by atoms with Gasteiger partial charge >= 0.3 is 5.97 Å². The van der Waals surface area contributed by atoms with Crippen molar-refractivity contribution in [2.75, 3.05) is 20.2 Å². The number of likely N-dealkylation sites (tertiary alicyclic amines) is 1. The molecule has 1 aromatic carbocycles. The van der Waals surface area contributed by atoms with E-state index in [1.165, 1.54) is 6.42 Å². The van der Waals surface area contributed by atoms with Crippen molar-refractivity contribution in [3.05, 3.63) is 47.7 Å². The van der Waals surface area contributed by atoms with Crippen LogP contribution in [0.5, 0.6) is 5.75 Å². The normalized spacial score (nSPS) is 20.6. The number of nitriles is 1. The Labute approximate surface area is 141 Å². The predicted molar refractivity (Wildman–Crippen MR) is 90.0 cm³/mol. The number of cyclic esters (lactones) is 1. The Morgan fingerprint density at radius 1 is 1.29 bits per heavy atom. The zero-order valence-corrected chi connectivity index (χ0v) is 13.7.